The first-order chi connectivity index (χ1) is 8.08. The zero-order chi connectivity index (χ0) is 12.6. The molecule has 0 saturated carbocycles. The lowest BCUT2D eigenvalue weighted by molar-refractivity contribution is 0.0965. The maximum atomic E-state index is 13.5. The van der Waals surface area contributed by atoms with E-state index in [4.69, 9.17) is 0 Å². The minimum atomic E-state index is -0.372. The van der Waals surface area contributed by atoms with E-state index in [1.54, 1.807) is 6.07 Å². The Labute approximate surface area is 109 Å². The fraction of sp³-hybridized carbons (Fsp3) is 0.462. The summed E-state index contributed by atoms with van der Waals surface area (Å²) in [6.45, 7) is 4.96. The van der Waals surface area contributed by atoms with Gasteiger partial charge in [0.2, 0.25) is 0 Å². The molecule has 0 amide bonds. The molecule has 0 saturated heterocycles. The molecule has 2 nitrogen and oxygen atoms in total. The molecule has 0 aliphatic carbocycles. The van der Waals surface area contributed by atoms with Gasteiger partial charge in [0.25, 0.3) is 0 Å². The lowest BCUT2D eigenvalue weighted by Crippen LogP contribution is -2.41. The van der Waals surface area contributed by atoms with Gasteiger partial charge in [-0.3, -0.25) is 4.79 Å². The van der Waals surface area contributed by atoms with E-state index < -0.39 is 0 Å². The van der Waals surface area contributed by atoms with Crippen LogP contribution >= 0.6 is 15.9 Å². The highest BCUT2D eigenvalue weighted by Gasteiger charge is 2.30. The van der Waals surface area contributed by atoms with Crippen LogP contribution in [-0.2, 0) is 0 Å². The maximum absolute atomic E-state index is 13.5. The van der Waals surface area contributed by atoms with Gasteiger partial charge >= 0.3 is 0 Å². The van der Waals surface area contributed by atoms with Gasteiger partial charge in [-0.1, -0.05) is 6.92 Å². The van der Waals surface area contributed by atoms with Crippen molar-refractivity contribution in [1.82, 2.24) is 0 Å². The molecule has 1 aliphatic rings. The van der Waals surface area contributed by atoms with Crippen LogP contribution in [0.3, 0.4) is 0 Å². The average molecular weight is 300 g/mol. The Bertz CT molecular complexity index is 461. The molecule has 0 radical (unpaired) electrons. The minimum Gasteiger partial charge on any atom is -0.368 e. The van der Waals surface area contributed by atoms with Gasteiger partial charge in [0.05, 0.1) is 4.47 Å². The number of carbonyl (C=O) groups excluding carboxylic acids is 1. The van der Waals surface area contributed by atoms with Crippen molar-refractivity contribution in [3.05, 3.63) is 28.0 Å². The average Bonchev–Trinajstić information content (AvgIpc) is 2.31. The predicted octanol–water partition coefficient (Wildman–Crippen LogP) is 3.78. The lowest BCUT2D eigenvalue weighted by Gasteiger charge is -2.37. The molecule has 4 heteroatoms. The number of rotatable bonds is 2. The molecular weight excluding hydrogens is 285 g/mol. The third-order valence-corrected chi connectivity index (χ3v) is 3.93. The summed E-state index contributed by atoms with van der Waals surface area (Å²) in [5, 5.41) is 0. The molecule has 1 atom stereocenters. The fourth-order valence-corrected chi connectivity index (χ4v) is 2.75. The molecule has 0 aromatic heterocycles. The van der Waals surface area contributed by atoms with Crippen LogP contribution in [0.4, 0.5) is 10.1 Å². The van der Waals surface area contributed by atoms with Gasteiger partial charge in [-0.2, -0.15) is 0 Å². The quantitative estimate of drug-likeness (QED) is 0.828. The minimum absolute atomic E-state index is 0.0444. The topological polar surface area (TPSA) is 20.3 Å². The lowest BCUT2D eigenvalue weighted by atomic mass is 9.93. The first-order valence-corrected chi connectivity index (χ1v) is 6.66. The van der Waals surface area contributed by atoms with Gasteiger partial charge in [-0.05, 0) is 41.4 Å². The summed E-state index contributed by atoms with van der Waals surface area (Å²) in [6.07, 6.45) is 1.41. The van der Waals surface area contributed by atoms with Crippen molar-refractivity contribution in [3.63, 3.8) is 0 Å². The largest absolute Gasteiger partial charge is 0.368 e. The molecule has 1 unspecified atom stereocenters. The summed E-state index contributed by atoms with van der Waals surface area (Å²) in [6, 6.07) is 3.29. The van der Waals surface area contributed by atoms with Crippen LogP contribution in [-0.4, -0.2) is 18.4 Å². The third kappa shape index (κ3) is 2.10. The zero-order valence-electron chi connectivity index (χ0n) is 9.96. The van der Waals surface area contributed by atoms with Crippen LogP contribution < -0.4 is 4.90 Å². The summed E-state index contributed by atoms with van der Waals surface area (Å²) < 4.78 is 13.9. The van der Waals surface area contributed by atoms with Crippen LogP contribution in [0, 0.1) is 5.82 Å². The maximum Gasteiger partial charge on any atom is 0.167 e. The number of carbonyl (C=O) groups is 1. The van der Waals surface area contributed by atoms with Crippen LogP contribution in [0.25, 0.3) is 0 Å². The molecule has 17 heavy (non-hydrogen) atoms. The summed E-state index contributed by atoms with van der Waals surface area (Å²) in [4.78, 5) is 14.2. The van der Waals surface area contributed by atoms with Crippen molar-refractivity contribution in [2.45, 2.75) is 32.7 Å². The van der Waals surface area contributed by atoms with Crippen molar-refractivity contribution < 1.29 is 9.18 Å². The van der Waals surface area contributed by atoms with Crippen molar-refractivity contribution in [1.29, 1.82) is 0 Å². The van der Waals surface area contributed by atoms with Crippen molar-refractivity contribution in [3.8, 4) is 0 Å². The van der Waals surface area contributed by atoms with Gasteiger partial charge in [-0.25, -0.2) is 4.39 Å². The first-order valence-electron chi connectivity index (χ1n) is 5.87. The summed E-state index contributed by atoms with van der Waals surface area (Å²) in [5.41, 5.74) is 1.36. The molecule has 0 N–H and O–H groups in total. The standard InChI is InChI=1S/C13H15BrFNO/c1-3-8-5-13(17)9-6-11(15)10(14)7-12(9)16(8)4-2/h6-8H,3-5H2,1-2H3. The Hall–Kier alpha value is -0.900. The Kier molecular flexibility index (Phi) is 3.52. The molecule has 1 aromatic carbocycles. The number of ketones is 1. The second-order valence-corrected chi connectivity index (χ2v) is 5.11. The van der Waals surface area contributed by atoms with Gasteiger partial charge in [0.1, 0.15) is 5.82 Å². The fourth-order valence-electron chi connectivity index (χ4n) is 2.42. The van der Waals surface area contributed by atoms with E-state index in [9.17, 15) is 9.18 Å². The highest BCUT2D eigenvalue weighted by atomic mass is 79.9. The van der Waals surface area contributed by atoms with E-state index in [1.807, 2.05) is 0 Å². The van der Waals surface area contributed by atoms with Crippen LogP contribution in [0.15, 0.2) is 16.6 Å². The Morgan fingerprint density at radius 2 is 2.18 bits per heavy atom. The van der Waals surface area contributed by atoms with Gasteiger partial charge in [0, 0.05) is 30.3 Å². The SMILES string of the molecule is CCC1CC(=O)c2cc(F)c(Br)cc2N1CC. The number of benzene rings is 1. The smallest absolute Gasteiger partial charge is 0.167 e. The number of nitrogens with zero attached hydrogens (tertiary/aromatic N) is 1. The molecule has 0 spiro atoms. The molecule has 1 aromatic rings. The van der Waals surface area contributed by atoms with Crippen molar-refractivity contribution in [2.24, 2.45) is 0 Å². The first kappa shape index (κ1) is 12.6. The third-order valence-electron chi connectivity index (χ3n) is 3.32. The number of hydrogen-bond donors (Lipinski definition) is 0. The van der Waals surface area contributed by atoms with Crippen molar-refractivity contribution >= 4 is 27.4 Å². The normalized spacial score (nSPS) is 19.4. The number of hydrogen-bond acceptors (Lipinski definition) is 2. The molecule has 0 bridgehead atoms. The van der Waals surface area contributed by atoms with Crippen LogP contribution in [0.5, 0.6) is 0 Å². The monoisotopic (exact) mass is 299 g/mol. The van der Waals surface area contributed by atoms with Gasteiger partial charge < -0.3 is 4.90 Å². The van der Waals surface area contributed by atoms with E-state index in [0.717, 1.165) is 18.7 Å². The summed E-state index contributed by atoms with van der Waals surface area (Å²) in [5.74, 6) is -0.328. The summed E-state index contributed by atoms with van der Waals surface area (Å²) >= 11 is 3.18. The molecule has 0 fully saturated rings. The number of anilines is 1. The highest BCUT2D eigenvalue weighted by molar-refractivity contribution is 9.10. The Morgan fingerprint density at radius 1 is 1.47 bits per heavy atom. The van der Waals surface area contributed by atoms with E-state index in [1.165, 1.54) is 6.07 Å². The van der Waals surface area contributed by atoms with E-state index >= 15 is 0 Å². The number of Topliss-reactive ketones (excluding diaryl/α,β-unsaturated/α-hetero) is 1. The van der Waals surface area contributed by atoms with Crippen LogP contribution in [0.1, 0.15) is 37.0 Å². The zero-order valence-corrected chi connectivity index (χ0v) is 11.6. The highest BCUT2D eigenvalue weighted by Crippen LogP contribution is 2.35. The molecule has 2 rings (SSSR count). The van der Waals surface area contributed by atoms with Gasteiger partial charge in [0.15, 0.2) is 5.78 Å². The Morgan fingerprint density at radius 3 is 2.76 bits per heavy atom. The Balaban J connectivity index is 2.56. The molecule has 1 aliphatic heterocycles. The van der Waals surface area contributed by atoms with Gasteiger partial charge in [-0.15, -0.1) is 0 Å². The second-order valence-electron chi connectivity index (χ2n) is 4.26. The molecule has 1 heterocycles. The molecular formula is C13H15BrFNO. The molecule has 92 valence electrons. The van der Waals surface area contributed by atoms with Crippen LogP contribution in [0.2, 0.25) is 0 Å². The number of halogens is 2. The van der Waals surface area contributed by atoms with E-state index in [2.05, 4.69) is 34.7 Å². The van der Waals surface area contributed by atoms with E-state index in [-0.39, 0.29) is 17.6 Å². The second kappa shape index (κ2) is 4.77. The van der Waals surface area contributed by atoms with E-state index in [0.29, 0.717) is 16.5 Å². The van der Waals surface area contributed by atoms with Crippen molar-refractivity contribution in [2.75, 3.05) is 11.4 Å². The number of fused-ring (bicyclic) bond motifs is 1. The predicted molar refractivity (Wildman–Crippen MR) is 70.1 cm³/mol. The summed E-state index contributed by atoms with van der Waals surface area (Å²) in [7, 11) is 0.